The van der Waals surface area contributed by atoms with Gasteiger partial charge in [-0.05, 0) is 54.6 Å². The lowest BCUT2D eigenvalue weighted by Gasteiger charge is -2.33. The second-order valence-corrected chi connectivity index (χ2v) is 8.82. The van der Waals surface area contributed by atoms with E-state index in [4.69, 9.17) is 5.26 Å². The van der Waals surface area contributed by atoms with E-state index in [2.05, 4.69) is 10.8 Å². The Bertz CT molecular complexity index is 943. The van der Waals surface area contributed by atoms with Gasteiger partial charge in [0.25, 0.3) is 5.91 Å². The fourth-order valence-corrected chi connectivity index (χ4v) is 5.05. The van der Waals surface area contributed by atoms with Gasteiger partial charge in [0.1, 0.15) is 0 Å². The lowest BCUT2D eigenvalue weighted by molar-refractivity contribution is 0.0679. The number of hydrogen-bond acceptors (Lipinski definition) is 5. The van der Waals surface area contributed by atoms with Crippen molar-refractivity contribution in [2.45, 2.75) is 30.7 Å². The van der Waals surface area contributed by atoms with Gasteiger partial charge < -0.3 is 4.90 Å². The number of thiophene rings is 1. The Morgan fingerprint density at radius 2 is 2.08 bits per heavy atom. The van der Waals surface area contributed by atoms with Crippen molar-refractivity contribution in [3.05, 3.63) is 51.7 Å². The van der Waals surface area contributed by atoms with E-state index in [9.17, 15) is 13.2 Å². The van der Waals surface area contributed by atoms with Gasteiger partial charge in [-0.2, -0.15) is 5.26 Å². The molecule has 1 amide bonds. The Kier molecular flexibility index (Phi) is 5.41. The highest BCUT2D eigenvalue weighted by molar-refractivity contribution is 7.89. The number of fused-ring (bicyclic) bond motifs is 1. The molecule has 136 valence electrons. The quantitative estimate of drug-likeness (QED) is 0.796. The SMILES string of the molecule is C[C@@H]1c2ccsc2CCN1C(=O)c1ccc(S(=O)(=O)NCCC#N)cc1. The van der Waals surface area contributed by atoms with Gasteiger partial charge in [-0.1, -0.05) is 0 Å². The molecule has 0 saturated heterocycles. The number of amides is 1. The molecule has 0 fully saturated rings. The summed E-state index contributed by atoms with van der Waals surface area (Å²) in [5.41, 5.74) is 1.65. The summed E-state index contributed by atoms with van der Waals surface area (Å²) >= 11 is 1.72. The maximum absolute atomic E-state index is 12.8. The van der Waals surface area contributed by atoms with Crippen LogP contribution in [0.15, 0.2) is 40.6 Å². The number of nitriles is 1. The Balaban J connectivity index is 1.75. The van der Waals surface area contributed by atoms with E-state index in [-0.39, 0.29) is 29.8 Å². The van der Waals surface area contributed by atoms with Gasteiger partial charge in [0.05, 0.1) is 17.0 Å². The minimum absolute atomic E-state index is 0.00792. The minimum atomic E-state index is -3.67. The van der Waals surface area contributed by atoms with Crippen molar-refractivity contribution in [1.82, 2.24) is 9.62 Å². The first-order valence-corrected chi connectivity index (χ1v) is 10.6. The lowest BCUT2D eigenvalue weighted by Crippen LogP contribution is -2.38. The largest absolute Gasteiger partial charge is 0.331 e. The summed E-state index contributed by atoms with van der Waals surface area (Å²) in [4.78, 5) is 16.1. The molecule has 6 nitrogen and oxygen atoms in total. The van der Waals surface area contributed by atoms with Gasteiger partial charge in [-0.3, -0.25) is 4.79 Å². The second-order valence-electron chi connectivity index (χ2n) is 6.05. The number of nitrogens with one attached hydrogen (secondary N) is 1. The normalized spacial score (nSPS) is 16.8. The summed E-state index contributed by atoms with van der Waals surface area (Å²) in [5, 5.41) is 10.5. The number of carbonyl (C=O) groups is 1. The Morgan fingerprint density at radius 1 is 1.35 bits per heavy atom. The molecular formula is C18H19N3O3S2. The molecule has 8 heteroatoms. The van der Waals surface area contributed by atoms with Crippen molar-refractivity contribution in [2.24, 2.45) is 0 Å². The number of carbonyl (C=O) groups excluding carboxylic acids is 1. The molecule has 1 atom stereocenters. The van der Waals surface area contributed by atoms with Crippen molar-refractivity contribution in [3.8, 4) is 6.07 Å². The smallest absolute Gasteiger partial charge is 0.254 e. The van der Waals surface area contributed by atoms with Crippen LogP contribution in [0.5, 0.6) is 0 Å². The Labute approximate surface area is 157 Å². The summed E-state index contributed by atoms with van der Waals surface area (Å²) in [7, 11) is -3.67. The van der Waals surface area contributed by atoms with Crippen molar-refractivity contribution in [2.75, 3.05) is 13.1 Å². The van der Waals surface area contributed by atoms with Crippen LogP contribution in [-0.4, -0.2) is 32.3 Å². The summed E-state index contributed by atoms with van der Waals surface area (Å²) in [5.74, 6) is -0.101. The summed E-state index contributed by atoms with van der Waals surface area (Å²) in [6.07, 6.45) is 0.950. The first-order valence-electron chi connectivity index (χ1n) is 8.28. The van der Waals surface area contributed by atoms with Crippen LogP contribution in [-0.2, 0) is 16.4 Å². The molecule has 0 unspecified atom stereocenters. The molecule has 1 aliphatic rings. The first-order chi connectivity index (χ1) is 12.4. The third-order valence-corrected chi connectivity index (χ3v) is 6.95. The van der Waals surface area contributed by atoms with Crippen LogP contribution in [0.4, 0.5) is 0 Å². The van der Waals surface area contributed by atoms with Gasteiger partial charge in [0.15, 0.2) is 0 Å². The monoisotopic (exact) mass is 389 g/mol. The maximum Gasteiger partial charge on any atom is 0.254 e. The molecule has 2 heterocycles. The third kappa shape index (κ3) is 3.65. The van der Waals surface area contributed by atoms with Crippen molar-refractivity contribution >= 4 is 27.3 Å². The van der Waals surface area contributed by atoms with E-state index in [1.54, 1.807) is 11.3 Å². The Morgan fingerprint density at radius 3 is 2.77 bits per heavy atom. The maximum atomic E-state index is 12.8. The summed E-state index contributed by atoms with van der Waals surface area (Å²) < 4.78 is 26.6. The predicted molar refractivity (Wildman–Crippen MR) is 99.3 cm³/mol. The van der Waals surface area contributed by atoms with Crippen LogP contribution in [0.25, 0.3) is 0 Å². The van der Waals surface area contributed by atoms with Crippen LogP contribution in [0.3, 0.4) is 0 Å². The van der Waals surface area contributed by atoms with E-state index in [1.807, 2.05) is 23.3 Å². The highest BCUT2D eigenvalue weighted by Crippen LogP contribution is 2.33. The van der Waals surface area contributed by atoms with E-state index in [0.29, 0.717) is 12.1 Å². The molecule has 0 radical (unpaired) electrons. The summed E-state index contributed by atoms with van der Waals surface area (Å²) in [6.45, 7) is 2.73. The van der Waals surface area contributed by atoms with E-state index in [1.165, 1.54) is 34.7 Å². The molecule has 1 aromatic heterocycles. The zero-order valence-electron chi connectivity index (χ0n) is 14.3. The molecule has 1 aliphatic heterocycles. The number of benzene rings is 1. The number of hydrogen-bond donors (Lipinski definition) is 1. The molecule has 0 aliphatic carbocycles. The highest BCUT2D eigenvalue weighted by atomic mass is 32.2. The first kappa shape index (κ1) is 18.6. The van der Waals surface area contributed by atoms with Gasteiger partial charge in [0.2, 0.25) is 10.0 Å². The van der Waals surface area contributed by atoms with Gasteiger partial charge in [-0.15, -0.1) is 11.3 Å². The molecule has 0 spiro atoms. The van der Waals surface area contributed by atoms with Crippen LogP contribution >= 0.6 is 11.3 Å². The molecule has 2 aromatic rings. The predicted octanol–water partition coefficient (Wildman–Crippen LogP) is 2.70. The van der Waals surface area contributed by atoms with Crippen LogP contribution in [0, 0.1) is 11.3 Å². The fraction of sp³-hybridized carbons (Fsp3) is 0.333. The summed E-state index contributed by atoms with van der Waals surface area (Å²) in [6, 6.07) is 9.88. The zero-order valence-corrected chi connectivity index (χ0v) is 15.9. The van der Waals surface area contributed by atoms with Crippen LogP contribution in [0.1, 0.15) is 40.2 Å². The molecule has 0 bridgehead atoms. The van der Waals surface area contributed by atoms with E-state index in [0.717, 1.165) is 6.42 Å². The van der Waals surface area contributed by atoms with Gasteiger partial charge in [0, 0.05) is 30.0 Å². The average Bonchev–Trinajstić information content (AvgIpc) is 3.11. The number of nitrogens with zero attached hydrogens (tertiary/aromatic N) is 2. The van der Waals surface area contributed by atoms with Crippen molar-refractivity contribution in [1.29, 1.82) is 5.26 Å². The van der Waals surface area contributed by atoms with Crippen molar-refractivity contribution in [3.63, 3.8) is 0 Å². The van der Waals surface area contributed by atoms with Gasteiger partial charge >= 0.3 is 0 Å². The second kappa shape index (κ2) is 7.58. The third-order valence-electron chi connectivity index (χ3n) is 4.48. The minimum Gasteiger partial charge on any atom is -0.331 e. The number of sulfonamides is 1. The van der Waals surface area contributed by atoms with Crippen LogP contribution < -0.4 is 4.72 Å². The highest BCUT2D eigenvalue weighted by Gasteiger charge is 2.29. The lowest BCUT2D eigenvalue weighted by atomic mass is 10.0. The molecular weight excluding hydrogens is 370 g/mol. The molecule has 0 saturated carbocycles. The van der Waals surface area contributed by atoms with Gasteiger partial charge in [-0.25, -0.2) is 13.1 Å². The topological polar surface area (TPSA) is 90.3 Å². The molecule has 1 aromatic carbocycles. The molecule has 26 heavy (non-hydrogen) atoms. The molecule has 3 rings (SSSR count). The average molecular weight is 390 g/mol. The molecule has 1 N–H and O–H groups in total. The zero-order chi connectivity index (χ0) is 18.7. The van der Waals surface area contributed by atoms with Crippen LogP contribution in [0.2, 0.25) is 0 Å². The fourth-order valence-electron chi connectivity index (χ4n) is 3.05. The van der Waals surface area contributed by atoms with E-state index < -0.39 is 10.0 Å². The Hall–Kier alpha value is -2.21. The number of rotatable bonds is 5. The standard InChI is InChI=1S/C18H19N3O3S2/c1-13-16-8-12-25-17(16)7-11-21(13)18(22)14-3-5-15(6-4-14)26(23,24)20-10-2-9-19/h3-6,8,12-13,20H,2,7,10-11H2,1H3/t13-/m1/s1. The van der Waals surface area contributed by atoms with Crippen molar-refractivity contribution < 1.29 is 13.2 Å². The van der Waals surface area contributed by atoms with E-state index >= 15 is 0 Å².